The van der Waals surface area contributed by atoms with E-state index in [4.69, 9.17) is 5.26 Å². The zero-order valence-corrected chi connectivity index (χ0v) is 11.1. The van der Waals surface area contributed by atoms with Crippen LogP contribution in [-0.2, 0) is 16.6 Å². The van der Waals surface area contributed by atoms with Gasteiger partial charge in [-0.05, 0) is 25.1 Å². The van der Waals surface area contributed by atoms with Gasteiger partial charge < -0.3 is 0 Å². The lowest BCUT2D eigenvalue weighted by atomic mass is 10.2. The van der Waals surface area contributed by atoms with Gasteiger partial charge >= 0.3 is 0 Å². The zero-order valence-electron chi connectivity index (χ0n) is 10.2. The van der Waals surface area contributed by atoms with Gasteiger partial charge in [-0.15, -0.1) is 0 Å². The van der Waals surface area contributed by atoms with E-state index >= 15 is 0 Å². The third-order valence-corrected chi connectivity index (χ3v) is 3.86. The molecule has 0 saturated carbocycles. The predicted octanol–water partition coefficient (Wildman–Crippen LogP) is 1.58. The molecule has 2 aromatic rings. The molecule has 7 heteroatoms. The van der Waals surface area contributed by atoms with Crippen LogP contribution in [0.3, 0.4) is 0 Å². The van der Waals surface area contributed by atoms with Crippen LogP contribution in [0.1, 0.15) is 12.5 Å². The minimum Gasteiger partial charge on any atom is -0.276 e. The Morgan fingerprint density at radius 2 is 2.26 bits per heavy atom. The summed E-state index contributed by atoms with van der Waals surface area (Å²) in [5, 5.41) is 12.8. The highest BCUT2D eigenvalue weighted by Crippen LogP contribution is 2.16. The van der Waals surface area contributed by atoms with Crippen molar-refractivity contribution < 1.29 is 8.42 Å². The van der Waals surface area contributed by atoms with E-state index < -0.39 is 10.0 Å². The molecule has 1 aromatic heterocycles. The third kappa shape index (κ3) is 2.92. The number of anilines is 1. The molecule has 1 N–H and O–H groups in total. The second-order valence-electron chi connectivity index (χ2n) is 3.83. The molecule has 6 nitrogen and oxygen atoms in total. The molecule has 0 saturated heterocycles. The Balaban J connectivity index is 2.29. The Kier molecular flexibility index (Phi) is 3.53. The first-order chi connectivity index (χ1) is 9.05. The van der Waals surface area contributed by atoms with Gasteiger partial charge in [0.1, 0.15) is 0 Å². The summed E-state index contributed by atoms with van der Waals surface area (Å²) >= 11 is 0. The number of nitrogens with zero attached hydrogens (tertiary/aromatic N) is 3. The largest absolute Gasteiger partial charge is 0.276 e. The van der Waals surface area contributed by atoms with Crippen molar-refractivity contribution in [2.75, 3.05) is 4.72 Å². The molecule has 0 aliphatic carbocycles. The molecule has 0 atom stereocenters. The lowest BCUT2D eigenvalue weighted by Gasteiger charge is -2.05. The molecule has 1 heterocycles. The van der Waals surface area contributed by atoms with Crippen molar-refractivity contribution >= 4 is 15.7 Å². The molecular weight excluding hydrogens is 264 g/mol. The van der Waals surface area contributed by atoms with Crippen LogP contribution in [0.25, 0.3) is 0 Å². The highest BCUT2D eigenvalue weighted by atomic mass is 32.2. The number of hydrogen-bond donors (Lipinski definition) is 1. The number of nitrogens with one attached hydrogen (secondary N) is 1. The highest BCUT2D eigenvalue weighted by Gasteiger charge is 2.15. The van der Waals surface area contributed by atoms with Crippen LogP contribution in [0.2, 0.25) is 0 Å². The maximum absolute atomic E-state index is 12.1. The summed E-state index contributed by atoms with van der Waals surface area (Å²) in [6.45, 7) is 2.56. The van der Waals surface area contributed by atoms with Crippen LogP contribution in [0.4, 0.5) is 5.69 Å². The Morgan fingerprint density at radius 1 is 1.47 bits per heavy atom. The van der Waals surface area contributed by atoms with Gasteiger partial charge in [0.25, 0.3) is 10.0 Å². The lowest BCUT2D eigenvalue weighted by molar-refractivity contribution is 0.601. The van der Waals surface area contributed by atoms with Crippen LogP contribution in [0.5, 0.6) is 0 Å². The second kappa shape index (κ2) is 5.12. The standard InChI is InChI=1S/C12H12N4O2S/c1-2-16-9-11(8-14-16)15-19(17,18)12-5-3-4-10(6-12)7-13/h3-6,8-9,15H,2H2,1H3. The van der Waals surface area contributed by atoms with Gasteiger partial charge in [0.05, 0.1) is 28.4 Å². The average Bonchev–Trinajstić information content (AvgIpc) is 2.85. The van der Waals surface area contributed by atoms with E-state index in [1.165, 1.54) is 24.4 Å². The van der Waals surface area contributed by atoms with Gasteiger partial charge in [-0.25, -0.2) is 8.42 Å². The van der Waals surface area contributed by atoms with Crippen molar-refractivity contribution in [3.8, 4) is 6.07 Å². The Hall–Kier alpha value is -2.33. The number of benzene rings is 1. The number of nitriles is 1. The molecule has 0 spiro atoms. The van der Waals surface area contributed by atoms with Crippen molar-refractivity contribution in [1.29, 1.82) is 5.26 Å². The maximum Gasteiger partial charge on any atom is 0.262 e. The van der Waals surface area contributed by atoms with E-state index in [0.29, 0.717) is 17.8 Å². The molecule has 1 aromatic carbocycles. The minimum absolute atomic E-state index is 0.0517. The van der Waals surface area contributed by atoms with Crippen molar-refractivity contribution in [1.82, 2.24) is 9.78 Å². The van der Waals surface area contributed by atoms with E-state index in [0.717, 1.165) is 0 Å². The van der Waals surface area contributed by atoms with Gasteiger partial charge in [0, 0.05) is 12.7 Å². The van der Waals surface area contributed by atoms with Crippen molar-refractivity contribution in [2.45, 2.75) is 18.4 Å². The molecule has 0 unspecified atom stereocenters. The number of rotatable bonds is 4. The molecule has 2 rings (SSSR count). The van der Waals surface area contributed by atoms with Gasteiger partial charge in [-0.2, -0.15) is 10.4 Å². The summed E-state index contributed by atoms with van der Waals surface area (Å²) in [6.07, 6.45) is 3.04. The normalized spacial score (nSPS) is 10.9. The van der Waals surface area contributed by atoms with Crippen LogP contribution in [0.15, 0.2) is 41.6 Å². The summed E-state index contributed by atoms with van der Waals surface area (Å²) in [5.74, 6) is 0. The van der Waals surface area contributed by atoms with Crippen molar-refractivity contribution in [3.63, 3.8) is 0 Å². The fraction of sp³-hybridized carbons (Fsp3) is 0.167. The summed E-state index contributed by atoms with van der Waals surface area (Å²) in [6, 6.07) is 7.75. The molecule has 0 bridgehead atoms. The minimum atomic E-state index is -3.70. The number of sulfonamides is 1. The molecule has 19 heavy (non-hydrogen) atoms. The van der Waals surface area contributed by atoms with Gasteiger partial charge in [0.15, 0.2) is 0 Å². The lowest BCUT2D eigenvalue weighted by Crippen LogP contribution is -2.12. The van der Waals surface area contributed by atoms with Gasteiger partial charge in [-0.3, -0.25) is 9.40 Å². The predicted molar refractivity (Wildman–Crippen MR) is 69.9 cm³/mol. The Bertz CT molecular complexity index is 728. The molecule has 0 aliphatic rings. The van der Waals surface area contributed by atoms with E-state index in [2.05, 4.69) is 9.82 Å². The zero-order chi connectivity index (χ0) is 13.9. The van der Waals surface area contributed by atoms with Crippen LogP contribution >= 0.6 is 0 Å². The first-order valence-corrected chi connectivity index (χ1v) is 7.09. The summed E-state index contributed by atoms with van der Waals surface area (Å²) in [7, 11) is -3.70. The first kappa shape index (κ1) is 13.1. The Labute approximate surface area is 111 Å². The smallest absolute Gasteiger partial charge is 0.262 e. The second-order valence-corrected chi connectivity index (χ2v) is 5.51. The molecule has 0 fully saturated rings. The monoisotopic (exact) mass is 276 g/mol. The fourth-order valence-electron chi connectivity index (χ4n) is 1.54. The van der Waals surface area contributed by atoms with Gasteiger partial charge in [0.2, 0.25) is 0 Å². The molecule has 0 radical (unpaired) electrons. The molecule has 0 amide bonds. The molecular formula is C12H12N4O2S. The summed E-state index contributed by atoms with van der Waals surface area (Å²) in [4.78, 5) is 0.0517. The third-order valence-electron chi connectivity index (χ3n) is 2.48. The summed E-state index contributed by atoms with van der Waals surface area (Å²) < 4.78 is 28.3. The van der Waals surface area contributed by atoms with E-state index in [-0.39, 0.29) is 4.90 Å². The van der Waals surface area contributed by atoms with Crippen LogP contribution < -0.4 is 4.72 Å². The van der Waals surface area contributed by atoms with Gasteiger partial charge in [-0.1, -0.05) is 6.07 Å². The van der Waals surface area contributed by atoms with E-state index in [9.17, 15) is 8.42 Å². The van der Waals surface area contributed by atoms with Crippen molar-refractivity contribution in [3.05, 3.63) is 42.2 Å². The van der Waals surface area contributed by atoms with Crippen molar-refractivity contribution in [2.24, 2.45) is 0 Å². The average molecular weight is 276 g/mol. The number of aryl methyl sites for hydroxylation is 1. The molecule has 98 valence electrons. The van der Waals surface area contributed by atoms with E-state index in [1.54, 1.807) is 16.9 Å². The SMILES string of the molecule is CCn1cc(NS(=O)(=O)c2cccc(C#N)c2)cn1. The summed E-state index contributed by atoms with van der Waals surface area (Å²) in [5.41, 5.74) is 0.691. The Morgan fingerprint density at radius 3 is 2.89 bits per heavy atom. The van der Waals surface area contributed by atoms with Crippen LogP contribution in [-0.4, -0.2) is 18.2 Å². The topological polar surface area (TPSA) is 87.8 Å². The quantitative estimate of drug-likeness (QED) is 0.918. The number of hydrogen-bond acceptors (Lipinski definition) is 4. The fourth-order valence-corrected chi connectivity index (χ4v) is 2.61. The van der Waals surface area contributed by atoms with E-state index in [1.807, 2.05) is 13.0 Å². The van der Waals surface area contributed by atoms with Crippen LogP contribution in [0, 0.1) is 11.3 Å². The first-order valence-electron chi connectivity index (χ1n) is 5.60. The maximum atomic E-state index is 12.1. The number of aromatic nitrogens is 2. The highest BCUT2D eigenvalue weighted by molar-refractivity contribution is 7.92. The molecule has 0 aliphatic heterocycles.